The summed E-state index contributed by atoms with van der Waals surface area (Å²) in [5.74, 6) is 0. The summed E-state index contributed by atoms with van der Waals surface area (Å²) in [6, 6.07) is 19.4. The molecule has 0 aromatic heterocycles. The fraction of sp³-hybridized carbons (Fsp3) is 0. The van der Waals surface area contributed by atoms with Crippen LogP contribution in [0.1, 0.15) is 0 Å². The Bertz CT molecular complexity index is 465. The minimum Gasteiger partial charge on any atom is -0.308 e. The Morgan fingerprint density at radius 3 is 1.65 bits per heavy atom. The molecule has 0 heterocycles. The molecule has 84 valence electrons. The van der Waals surface area contributed by atoms with E-state index < -0.39 is 0 Å². The standard InChI is InChI=1S/C15H13NO/c1-13(12-17)16(14-8-4-2-5-9-14)15-10-6-3-7-11-15/h2-12H,1H2. The van der Waals surface area contributed by atoms with E-state index in [-0.39, 0.29) is 0 Å². The lowest BCUT2D eigenvalue weighted by molar-refractivity contribution is -0.104. The van der Waals surface area contributed by atoms with Crippen LogP contribution in [0.2, 0.25) is 0 Å². The highest BCUT2D eigenvalue weighted by Gasteiger charge is 2.11. The normalized spacial score (nSPS) is 9.65. The summed E-state index contributed by atoms with van der Waals surface area (Å²) < 4.78 is 0. The first-order chi connectivity index (χ1) is 8.33. The van der Waals surface area contributed by atoms with Crippen molar-refractivity contribution < 1.29 is 4.79 Å². The summed E-state index contributed by atoms with van der Waals surface area (Å²) in [7, 11) is 0. The predicted molar refractivity (Wildman–Crippen MR) is 70.2 cm³/mol. The first-order valence-corrected chi connectivity index (χ1v) is 5.37. The molecule has 2 rings (SSSR count). The second-order valence-corrected chi connectivity index (χ2v) is 3.62. The SMILES string of the molecule is C=C(C=O)N(c1ccccc1)c1ccccc1. The molecule has 0 radical (unpaired) electrons. The first kappa shape index (κ1) is 11.1. The van der Waals surface area contributed by atoms with Gasteiger partial charge in [-0.1, -0.05) is 43.0 Å². The van der Waals surface area contributed by atoms with Crippen LogP contribution in [0.5, 0.6) is 0 Å². The van der Waals surface area contributed by atoms with Gasteiger partial charge in [-0.05, 0) is 24.3 Å². The van der Waals surface area contributed by atoms with Crippen molar-refractivity contribution >= 4 is 17.7 Å². The highest BCUT2D eigenvalue weighted by atomic mass is 16.1. The Kier molecular flexibility index (Phi) is 3.36. The van der Waals surface area contributed by atoms with Crippen LogP contribution in [0.3, 0.4) is 0 Å². The van der Waals surface area contributed by atoms with Crippen LogP contribution in [0.4, 0.5) is 11.4 Å². The minimum absolute atomic E-state index is 0.419. The van der Waals surface area contributed by atoms with Crippen molar-refractivity contribution in [2.45, 2.75) is 0 Å². The summed E-state index contributed by atoms with van der Waals surface area (Å²) in [5.41, 5.74) is 2.27. The third-order valence-corrected chi connectivity index (χ3v) is 2.45. The summed E-state index contributed by atoms with van der Waals surface area (Å²) in [6.07, 6.45) is 0.764. The molecule has 2 aromatic carbocycles. The number of hydrogen-bond acceptors (Lipinski definition) is 2. The molecule has 0 N–H and O–H groups in total. The van der Waals surface area contributed by atoms with Crippen molar-refractivity contribution in [1.82, 2.24) is 0 Å². The average molecular weight is 223 g/mol. The van der Waals surface area contributed by atoms with Crippen molar-refractivity contribution in [2.24, 2.45) is 0 Å². The van der Waals surface area contributed by atoms with Crippen molar-refractivity contribution in [1.29, 1.82) is 0 Å². The number of benzene rings is 2. The van der Waals surface area contributed by atoms with Gasteiger partial charge in [-0.2, -0.15) is 0 Å². The summed E-state index contributed by atoms with van der Waals surface area (Å²) in [5, 5.41) is 0. The maximum absolute atomic E-state index is 11.0. The van der Waals surface area contributed by atoms with Crippen LogP contribution >= 0.6 is 0 Å². The van der Waals surface area contributed by atoms with Gasteiger partial charge in [0, 0.05) is 11.4 Å². The molecule has 0 aliphatic heterocycles. The van der Waals surface area contributed by atoms with Gasteiger partial charge in [-0.15, -0.1) is 0 Å². The Labute approximate surface area is 101 Å². The molecule has 0 unspecified atom stereocenters. The third kappa shape index (κ3) is 2.42. The number of carbonyl (C=O) groups excluding carboxylic acids is 1. The second kappa shape index (κ2) is 5.12. The zero-order chi connectivity index (χ0) is 12.1. The van der Waals surface area contributed by atoms with E-state index in [1.165, 1.54) is 0 Å². The van der Waals surface area contributed by atoms with Gasteiger partial charge in [0.05, 0.1) is 5.70 Å². The van der Waals surface area contributed by atoms with Crippen LogP contribution < -0.4 is 4.90 Å². The van der Waals surface area contributed by atoms with E-state index in [4.69, 9.17) is 0 Å². The van der Waals surface area contributed by atoms with Crippen LogP contribution in [-0.2, 0) is 4.79 Å². The van der Waals surface area contributed by atoms with Gasteiger partial charge < -0.3 is 4.90 Å². The smallest absolute Gasteiger partial charge is 0.166 e. The number of hydrogen-bond donors (Lipinski definition) is 0. The Morgan fingerprint density at radius 1 is 0.882 bits per heavy atom. The monoisotopic (exact) mass is 223 g/mol. The fourth-order valence-electron chi connectivity index (χ4n) is 1.69. The third-order valence-electron chi connectivity index (χ3n) is 2.45. The largest absolute Gasteiger partial charge is 0.308 e. The molecular weight excluding hydrogens is 210 g/mol. The molecule has 0 saturated heterocycles. The van der Waals surface area contributed by atoms with Crippen molar-refractivity contribution in [3.63, 3.8) is 0 Å². The average Bonchev–Trinajstić information content (AvgIpc) is 2.41. The summed E-state index contributed by atoms with van der Waals surface area (Å²) in [4.78, 5) is 12.8. The van der Waals surface area contributed by atoms with Gasteiger partial charge in [-0.3, -0.25) is 4.79 Å². The highest BCUT2D eigenvalue weighted by molar-refractivity contribution is 5.85. The van der Waals surface area contributed by atoms with E-state index in [1.807, 2.05) is 65.6 Å². The molecule has 2 nitrogen and oxygen atoms in total. The number of allylic oxidation sites excluding steroid dienone is 1. The molecule has 2 aromatic rings. The first-order valence-electron chi connectivity index (χ1n) is 5.37. The molecular formula is C15H13NO. The molecule has 17 heavy (non-hydrogen) atoms. The number of para-hydroxylation sites is 2. The van der Waals surface area contributed by atoms with E-state index in [1.54, 1.807) is 0 Å². The van der Waals surface area contributed by atoms with Gasteiger partial charge in [0.1, 0.15) is 0 Å². The summed E-state index contributed by atoms with van der Waals surface area (Å²) in [6.45, 7) is 3.78. The minimum atomic E-state index is 0.419. The van der Waals surface area contributed by atoms with Gasteiger partial charge in [-0.25, -0.2) is 0 Å². The fourth-order valence-corrected chi connectivity index (χ4v) is 1.69. The molecule has 0 saturated carbocycles. The second-order valence-electron chi connectivity index (χ2n) is 3.62. The van der Waals surface area contributed by atoms with Crippen molar-refractivity contribution in [3.8, 4) is 0 Å². The van der Waals surface area contributed by atoms with E-state index in [0.29, 0.717) is 5.70 Å². The zero-order valence-electron chi connectivity index (χ0n) is 9.41. The van der Waals surface area contributed by atoms with Crippen LogP contribution in [0, 0.1) is 0 Å². The van der Waals surface area contributed by atoms with E-state index in [9.17, 15) is 4.79 Å². The zero-order valence-corrected chi connectivity index (χ0v) is 9.41. The summed E-state index contributed by atoms with van der Waals surface area (Å²) >= 11 is 0. The number of anilines is 2. The Morgan fingerprint density at radius 2 is 1.29 bits per heavy atom. The Hall–Kier alpha value is -2.35. The lowest BCUT2D eigenvalue weighted by Gasteiger charge is -2.23. The van der Waals surface area contributed by atoms with Gasteiger partial charge >= 0.3 is 0 Å². The number of aldehydes is 1. The van der Waals surface area contributed by atoms with E-state index in [0.717, 1.165) is 17.7 Å². The van der Waals surface area contributed by atoms with Crippen LogP contribution in [-0.4, -0.2) is 6.29 Å². The van der Waals surface area contributed by atoms with E-state index >= 15 is 0 Å². The highest BCUT2D eigenvalue weighted by Crippen LogP contribution is 2.27. The van der Waals surface area contributed by atoms with Gasteiger partial charge in [0.25, 0.3) is 0 Å². The molecule has 2 heteroatoms. The molecule has 0 spiro atoms. The Balaban J connectivity index is 2.47. The lowest BCUT2D eigenvalue weighted by atomic mass is 10.2. The molecule has 0 amide bonds. The van der Waals surface area contributed by atoms with Crippen molar-refractivity contribution in [3.05, 3.63) is 72.9 Å². The lowest BCUT2D eigenvalue weighted by Crippen LogP contribution is -2.16. The molecule has 0 atom stereocenters. The predicted octanol–water partition coefficient (Wildman–Crippen LogP) is 3.54. The molecule has 0 aliphatic carbocycles. The quantitative estimate of drug-likeness (QED) is 0.583. The van der Waals surface area contributed by atoms with E-state index in [2.05, 4.69) is 6.58 Å². The molecule has 0 aliphatic rings. The maximum Gasteiger partial charge on any atom is 0.166 e. The number of rotatable bonds is 4. The number of carbonyl (C=O) groups is 1. The molecule has 0 bridgehead atoms. The number of nitrogens with zero attached hydrogens (tertiary/aromatic N) is 1. The van der Waals surface area contributed by atoms with Gasteiger partial charge in [0.2, 0.25) is 0 Å². The maximum atomic E-state index is 11.0. The van der Waals surface area contributed by atoms with Crippen molar-refractivity contribution in [2.75, 3.05) is 4.90 Å². The van der Waals surface area contributed by atoms with Crippen LogP contribution in [0.15, 0.2) is 72.9 Å². The van der Waals surface area contributed by atoms with Crippen LogP contribution in [0.25, 0.3) is 0 Å². The van der Waals surface area contributed by atoms with Gasteiger partial charge in [0.15, 0.2) is 6.29 Å². The molecule has 0 fully saturated rings. The topological polar surface area (TPSA) is 20.3 Å².